The summed E-state index contributed by atoms with van der Waals surface area (Å²) < 4.78 is 0. The van der Waals surface area contributed by atoms with E-state index in [1.54, 1.807) is 0 Å². The molecule has 0 atom stereocenters. The molecule has 0 bridgehead atoms. The van der Waals surface area contributed by atoms with Crippen LogP contribution < -0.4 is 11.1 Å². The molecule has 0 saturated heterocycles. The maximum absolute atomic E-state index is 12.1. The van der Waals surface area contributed by atoms with E-state index in [-0.39, 0.29) is 5.91 Å². The minimum atomic E-state index is 0.281. The second kappa shape index (κ2) is 8.77. The number of carbonyl (C=O) groups is 1. The highest BCUT2D eigenvalue weighted by Gasteiger charge is 2.23. The Morgan fingerprint density at radius 1 is 0.952 bits per heavy atom. The normalized spacial score (nSPS) is 33.6. The van der Waals surface area contributed by atoms with Crippen LogP contribution in [0.25, 0.3) is 0 Å². The van der Waals surface area contributed by atoms with Crippen molar-refractivity contribution in [3.05, 3.63) is 0 Å². The fourth-order valence-electron chi connectivity index (χ4n) is 4.12. The van der Waals surface area contributed by atoms with Gasteiger partial charge >= 0.3 is 0 Å². The molecule has 3 nitrogen and oxygen atoms in total. The van der Waals surface area contributed by atoms with Crippen LogP contribution in [0, 0.1) is 11.8 Å². The summed E-state index contributed by atoms with van der Waals surface area (Å²) in [6.45, 7) is 2.27. The topological polar surface area (TPSA) is 55.1 Å². The van der Waals surface area contributed by atoms with E-state index in [1.165, 1.54) is 51.4 Å². The molecule has 21 heavy (non-hydrogen) atoms. The molecule has 0 radical (unpaired) electrons. The van der Waals surface area contributed by atoms with Crippen LogP contribution in [0.3, 0.4) is 0 Å². The van der Waals surface area contributed by atoms with Crippen molar-refractivity contribution in [2.24, 2.45) is 17.6 Å². The maximum Gasteiger partial charge on any atom is 0.220 e. The second-order valence-electron chi connectivity index (χ2n) is 7.39. The number of hydrogen-bond acceptors (Lipinski definition) is 2. The fourth-order valence-corrected chi connectivity index (χ4v) is 4.12. The molecule has 2 aliphatic rings. The summed E-state index contributed by atoms with van der Waals surface area (Å²) in [5.74, 6) is 1.93. The molecule has 0 aromatic carbocycles. The van der Waals surface area contributed by atoms with Gasteiger partial charge in [-0.25, -0.2) is 0 Å². The predicted molar refractivity (Wildman–Crippen MR) is 88.0 cm³/mol. The Bertz CT molecular complexity index is 302. The number of carbonyl (C=O) groups excluding carboxylic acids is 1. The van der Waals surface area contributed by atoms with Gasteiger partial charge in [0.1, 0.15) is 0 Å². The highest BCUT2D eigenvalue weighted by molar-refractivity contribution is 5.76. The lowest BCUT2D eigenvalue weighted by Gasteiger charge is -2.29. The summed E-state index contributed by atoms with van der Waals surface area (Å²) in [4.78, 5) is 12.1. The Labute approximate surface area is 130 Å². The molecular formula is C18H34N2O. The largest absolute Gasteiger partial charge is 0.353 e. The van der Waals surface area contributed by atoms with Gasteiger partial charge in [0, 0.05) is 18.5 Å². The third-order valence-electron chi connectivity index (χ3n) is 5.58. The Kier molecular flexibility index (Phi) is 7.01. The highest BCUT2D eigenvalue weighted by Crippen LogP contribution is 2.29. The van der Waals surface area contributed by atoms with E-state index in [1.807, 2.05) is 0 Å². The zero-order chi connectivity index (χ0) is 15.1. The molecule has 0 spiro atoms. The molecule has 0 aromatic rings. The first-order valence-corrected chi connectivity index (χ1v) is 9.22. The minimum Gasteiger partial charge on any atom is -0.353 e. The molecule has 3 heteroatoms. The summed E-state index contributed by atoms with van der Waals surface area (Å²) in [6, 6.07) is 0.860. The average Bonchev–Trinajstić information content (AvgIpc) is 2.49. The number of hydrogen-bond donors (Lipinski definition) is 2. The summed E-state index contributed by atoms with van der Waals surface area (Å²) in [7, 11) is 0. The van der Waals surface area contributed by atoms with E-state index < -0.39 is 0 Å². The highest BCUT2D eigenvalue weighted by atomic mass is 16.1. The van der Waals surface area contributed by atoms with Crippen LogP contribution in [0.4, 0.5) is 0 Å². The Balaban J connectivity index is 1.57. The van der Waals surface area contributed by atoms with Crippen molar-refractivity contribution in [3.8, 4) is 0 Å². The summed E-state index contributed by atoms with van der Waals surface area (Å²) >= 11 is 0. The molecule has 2 fully saturated rings. The van der Waals surface area contributed by atoms with Crippen molar-refractivity contribution in [2.75, 3.05) is 0 Å². The van der Waals surface area contributed by atoms with Crippen molar-refractivity contribution in [1.82, 2.24) is 5.32 Å². The van der Waals surface area contributed by atoms with Crippen LogP contribution in [0.2, 0.25) is 0 Å². The molecule has 1 amide bonds. The second-order valence-corrected chi connectivity index (χ2v) is 7.39. The lowest BCUT2D eigenvalue weighted by molar-refractivity contribution is -0.122. The van der Waals surface area contributed by atoms with E-state index in [0.717, 1.165) is 37.5 Å². The predicted octanol–water partition coefficient (Wildman–Crippen LogP) is 3.76. The third kappa shape index (κ3) is 5.98. The Hall–Kier alpha value is -0.570. The van der Waals surface area contributed by atoms with Crippen molar-refractivity contribution in [3.63, 3.8) is 0 Å². The monoisotopic (exact) mass is 294 g/mol. The van der Waals surface area contributed by atoms with Crippen LogP contribution in [-0.2, 0) is 4.79 Å². The van der Waals surface area contributed by atoms with Crippen molar-refractivity contribution in [1.29, 1.82) is 0 Å². The molecule has 2 saturated carbocycles. The van der Waals surface area contributed by atoms with E-state index in [9.17, 15) is 4.79 Å². The first-order chi connectivity index (χ1) is 10.2. The van der Waals surface area contributed by atoms with Gasteiger partial charge in [0.25, 0.3) is 0 Å². The molecule has 2 aliphatic carbocycles. The number of amides is 1. The first-order valence-electron chi connectivity index (χ1n) is 9.22. The lowest BCUT2D eigenvalue weighted by Crippen LogP contribution is -2.37. The molecule has 2 rings (SSSR count). The Morgan fingerprint density at radius 2 is 1.52 bits per heavy atom. The Morgan fingerprint density at radius 3 is 2.14 bits per heavy atom. The zero-order valence-corrected chi connectivity index (χ0v) is 13.8. The molecule has 122 valence electrons. The van der Waals surface area contributed by atoms with E-state index in [0.29, 0.717) is 12.1 Å². The molecule has 0 heterocycles. The van der Waals surface area contributed by atoms with E-state index >= 15 is 0 Å². The van der Waals surface area contributed by atoms with Gasteiger partial charge in [-0.15, -0.1) is 0 Å². The molecule has 3 N–H and O–H groups in total. The van der Waals surface area contributed by atoms with Crippen LogP contribution in [0.5, 0.6) is 0 Å². The zero-order valence-electron chi connectivity index (χ0n) is 13.8. The maximum atomic E-state index is 12.1. The number of nitrogens with one attached hydrogen (secondary N) is 1. The van der Waals surface area contributed by atoms with Crippen LogP contribution in [0.1, 0.15) is 84.0 Å². The number of nitrogens with two attached hydrogens (primary N) is 1. The van der Waals surface area contributed by atoms with Crippen molar-refractivity contribution < 1.29 is 4.79 Å². The van der Waals surface area contributed by atoms with E-state index in [2.05, 4.69) is 12.2 Å². The van der Waals surface area contributed by atoms with Crippen LogP contribution >= 0.6 is 0 Å². The summed E-state index contributed by atoms with van der Waals surface area (Å²) in [5.41, 5.74) is 5.93. The minimum absolute atomic E-state index is 0.281. The average molecular weight is 294 g/mol. The smallest absolute Gasteiger partial charge is 0.220 e. The van der Waals surface area contributed by atoms with Crippen molar-refractivity contribution >= 4 is 5.91 Å². The first kappa shape index (κ1) is 16.8. The van der Waals surface area contributed by atoms with Crippen LogP contribution in [-0.4, -0.2) is 18.0 Å². The van der Waals surface area contributed by atoms with Crippen molar-refractivity contribution in [2.45, 2.75) is 96.1 Å². The molecule has 0 unspecified atom stereocenters. The quantitative estimate of drug-likeness (QED) is 0.783. The summed E-state index contributed by atoms with van der Waals surface area (Å²) in [6.07, 6.45) is 14.2. The van der Waals surface area contributed by atoms with Gasteiger partial charge in [0.2, 0.25) is 5.91 Å². The summed E-state index contributed by atoms with van der Waals surface area (Å²) in [5, 5.41) is 3.27. The van der Waals surface area contributed by atoms with Gasteiger partial charge in [-0.3, -0.25) is 4.79 Å². The van der Waals surface area contributed by atoms with Gasteiger partial charge < -0.3 is 11.1 Å². The molecule has 0 aliphatic heterocycles. The van der Waals surface area contributed by atoms with E-state index in [4.69, 9.17) is 5.73 Å². The molecular weight excluding hydrogens is 260 g/mol. The van der Waals surface area contributed by atoms with Gasteiger partial charge in [0.15, 0.2) is 0 Å². The number of rotatable bonds is 6. The van der Waals surface area contributed by atoms with Gasteiger partial charge in [-0.1, -0.05) is 19.8 Å². The van der Waals surface area contributed by atoms with Gasteiger partial charge in [-0.05, 0) is 69.6 Å². The lowest BCUT2D eigenvalue weighted by atomic mass is 9.83. The van der Waals surface area contributed by atoms with Gasteiger partial charge in [0.05, 0.1) is 0 Å². The third-order valence-corrected chi connectivity index (χ3v) is 5.58. The standard InChI is InChI=1S/C18H34N2O/c1-2-3-14-6-11-17(12-7-14)20-18(21)13-8-15-4-9-16(19)10-5-15/h14-17H,2-13,19H2,1H3,(H,20,21). The van der Waals surface area contributed by atoms with Crippen LogP contribution in [0.15, 0.2) is 0 Å². The molecule has 0 aromatic heterocycles. The fraction of sp³-hybridized carbons (Fsp3) is 0.944. The SMILES string of the molecule is CCCC1CCC(NC(=O)CCC2CCC(N)CC2)CC1. The van der Waals surface area contributed by atoms with Gasteiger partial charge in [-0.2, -0.15) is 0 Å².